The molecule has 2 aliphatic heterocycles. The minimum absolute atomic E-state index is 0.211. The molecule has 2 aromatic rings. The fourth-order valence-corrected chi connectivity index (χ4v) is 6.95. The van der Waals surface area contributed by atoms with Gasteiger partial charge in [-0.1, -0.05) is 68.5 Å². The second kappa shape index (κ2) is 11.2. The average Bonchev–Trinajstić information content (AvgIpc) is 3.58. The van der Waals surface area contributed by atoms with E-state index in [4.69, 9.17) is 0 Å². The largest absolute Gasteiger partial charge is 0.298 e. The van der Waals surface area contributed by atoms with Crippen LogP contribution in [0.15, 0.2) is 48.5 Å². The van der Waals surface area contributed by atoms with Gasteiger partial charge in [0.15, 0.2) is 16.8 Å². The molecule has 34 heavy (non-hydrogen) atoms. The Labute approximate surface area is 208 Å². The molecular formula is C26H28N2O4S2. The fourth-order valence-electron chi connectivity index (χ4n) is 4.25. The molecule has 0 saturated carbocycles. The van der Waals surface area contributed by atoms with E-state index >= 15 is 0 Å². The van der Waals surface area contributed by atoms with Crippen molar-refractivity contribution < 1.29 is 19.2 Å². The van der Waals surface area contributed by atoms with Crippen LogP contribution in [0.4, 0.5) is 0 Å². The van der Waals surface area contributed by atoms with E-state index in [0.717, 1.165) is 38.5 Å². The van der Waals surface area contributed by atoms with Crippen LogP contribution in [0.2, 0.25) is 0 Å². The van der Waals surface area contributed by atoms with Crippen LogP contribution in [0.25, 0.3) is 0 Å². The predicted molar refractivity (Wildman–Crippen MR) is 136 cm³/mol. The van der Waals surface area contributed by atoms with Gasteiger partial charge < -0.3 is 0 Å². The van der Waals surface area contributed by atoms with Crippen molar-refractivity contribution in [3.05, 3.63) is 70.8 Å². The van der Waals surface area contributed by atoms with Crippen molar-refractivity contribution >= 4 is 48.3 Å². The van der Waals surface area contributed by atoms with E-state index < -0.39 is 4.20 Å². The number of benzene rings is 2. The lowest BCUT2D eigenvalue weighted by molar-refractivity contribution is 0.0850. The van der Waals surface area contributed by atoms with Gasteiger partial charge in [0.2, 0.25) is 0 Å². The van der Waals surface area contributed by atoms with Crippen molar-refractivity contribution in [2.45, 2.75) is 55.6 Å². The predicted octanol–water partition coefficient (Wildman–Crippen LogP) is 5.99. The molecule has 2 fully saturated rings. The molecule has 8 heteroatoms. The summed E-state index contributed by atoms with van der Waals surface area (Å²) in [6.45, 7) is 0.548. The summed E-state index contributed by atoms with van der Waals surface area (Å²) in [5.74, 6) is -0.426. The Morgan fingerprint density at radius 2 is 1.24 bits per heavy atom. The van der Waals surface area contributed by atoms with Crippen LogP contribution in [0.1, 0.15) is 92.8 Å². The number of hydrogen-bond donors (Lipinski definition) is 0. The third-order valence-electron chi connectivity index (χ3n) is 6.16. The molecule has 2 amide bonds. The average molecular weight is 497 g/mol. The molecule has 178 valence electrons. The molecule has 1 atom stereocenters. The van der Waals surface area contributed by atoms with Crippen molar-refractivity contribution in [2.75, 3.05) is 6.54 Å². The van der Waals surface area contributed by atoms with Gasteiger partial charge in [-0.25, -0.2) is 0 Å². The second-order valence-corrected chi connectivity index (χ2v) is 11.3. The van der Waals surface area contributed by atoms with Crippen molar-refractivity contribution in [2.24, 2.45) is 0 Å². The number of carbonyl (C=O) groups excluding carboxylic acids is 4. The molecular weight excluding hydrogens is 468 g/mol. The molecule has 0 radical (unpaired) electrons. The van der Waals surface area contributed by atoms with Gasteiger partial charge in [0.05, 0.1) is 11.1 Å². The first-order chi connectivity index (χ1) is 16.6. The minimum Gasteiger partial charge on any atom is -0.298 e. The van der Waals surface area contributed by atoms with Crippen molar-refractivity contribution in [1.82, 2.24) is 8.61 Å². The quantitative estimate of drug-likeness (QED) is 0.294. The zero-order chi connectivity index (χ0) is 24.0. The summed E-state index contributed by atoms with van der Waals surface area (Å²) in [5.41, 5.74) is 1.48. The third-order valence-corrected chi connectivity index (χ3v) is 9.13. The summed E-state index contributed by atoms with van der Waals surface area (Å²) in [7, 11) is 0. The Morgan fingerprint density at radius 3 is 1.85 bits per heavy atom. The first-order valence-electron chi connectivity index (χ1n) is 11.7. The highest BCUT2D eigenvalue weighted by molar-refractivity contribution is 8.22. The lowest BCUT2D eigenvalue weighted by Gasteiger charge is -2.27. The van der Waals surface area contributed by atoms with Crippen LogP contribution < -0.4 is 0 Å². The summed E-state index contributed by atoms with van der Waals surface area (Å²) in [4.78, 5) is 50.0. The third kappa shape index (κ3) is 5.39. The molecule has 2 aromatic carbocycles. The Hall–Kier alpha value is -2.58. The highest BCUT2D eigenvalue weighted by atomic mass is 32.2. The monoisotopic (exact) mass is 496 g/mol. The Balaban J connectivity index is 1.62. The molecule has 0 N–H and O–H groups in total. The Morgan fingerprint density at radius 1 is 0.706 bits per heavy atom. The zero-order valence-corrected chi connectivity index (χ0v) is 20.6. The van der Waals surface area contributed by atoms with E-state index in [1.807, 2.05) is 0 Å². The van der Waals surface area contributed by atoms with Crippen LogP contribution in [0, 0.1) is 0 Å². The summed E-state index contributed by atoms with van der Waals surface area (Å²) in [6.07, 6.45) is 9.58. The summed E-state index contributed by atoms with van der Waals surface area (Å²) in [5, 5.41) is 0. The topological polar surface area (TPSA) is 74.5 Å². The van der Waals surface area contributed by atoms with Gasteiger partial charge >= 0.3 is 0 Å². The Kier molecular flexibility index (Phi) is 8.11. The fraction of sp³-hybridized carbons (Fsp3) is 0.385. The molecule has 2 aliphatic rings. The van der Waals surface area contributed by atoms with Crippen molar-refractivity contribution in [1.29, 1.82) is 0 Å². The van der Waals surface area contributed by atoms with E-state index in [1.165, 1.54) is 36.7 Å². The van der Waals surface area contributed by atoms with Crippen LogP contribution in [0.5, 0.6) is 0 Å². The molecule has 0 bridgehead atoms. The summed E-state index contributed by atoms with van der Waals surface area (Å²) in [6, 6.07) is 13.6. The first-order valence-corrected chi connectivity index (χ1v) is 13.3. The lowest BCUT2D eigenvalue weighted by Crippen LogP contribution is -2.33. The van der Waals surface area contributed by atoms with Crippen LogP contribution >= 0.6 is 23.9 Å². The minimum atomic E-state index is -0.599. The lowest BCUT2D eigenvalue weighted by atomic mass is 10.1. The van der Waals surface area contributed by atoms with Gasteiger partial charge in [0.25, 0.3) is 11.8 Å². The molecule has 4 rings (SSSR count). The van der Waals surface area contributed by atoms with Crippen LogP contribution in [-0.4, -0.2) is 43.7 Å². The number of hydrogen-bond acceptors (Lipinski definition) is 6. The summed E-state index contributed by atoms with van der Waals surface area (Å²) < 4.78 is 2.84. The highest BCUT2D eigenvalue weighted by Gasteiger charge is 2.59. The van der Waals surface area contributed by atoms with Crippen molar-refractivity contribution in [3.63, 3.8) is 0 Å². The molecule has 6 nitrogen and oxygen atoms in total. The van der Waals surface area contributed by atoms with Gasteiger partial charge in [-0.3, -0.25) is 27.8 Å². The maximum absolute atomic E-state index is 13.5. The van der Waals surface area contributed by atoms with E-state index in [-0.39, 0.29) is 11.8 Å². The molecule has 1 unspecified atom stereocenters. The van der Waals surface area contributed by atoms with E-state index in [1.54, 1.807) is 57.1 Å². The van der Waals surface area contributed by atoms with Gasteiger partial charge in [0.1, 0.15) is 0 Å². The first kappa shape index (κ1) is 24.5. The molecule has 1 spiro atoms. The van der Waals surface area contributed by atoms with E-state index in [9.17, 15) is 19.2 Å². The maximum Gasteiger partial charge on any atom is 0.266 e. The second-order valence-electron chi connectivity index (χ2n) is 8.54. The van der Waals surface area contributed by atoms with Crippen molar-refractivity contribution in [3.8, 4) is 0 Å². The number of rotatable bonds is 4. The van der Waals surface area contributed by atoms with E-state index in [2.05, 4.69) is 0 Å². The maximum atomic E-state index is 13.5. The standard InChI is InChI=1S/C26H28N2O4S2/c29-18-20-12-6-8-14-22(20)24(31)27-17-11-5-3-1-2-4-10-16-26(33-27)28(34-26)25(32)23-15-9-7-13-21(23)19-30/h6-9,12-15,18-19H,1-5,10-11,16-17H2. The van der Waals surface area contributed by atoms with Crippen LogP contribution in [0.3, 0.4) is 0 Å². The summed E-state index contributed by atoms with van der Waals surface area (Å²) >= 11 is 2.81. The van der Waals surface area contributed by atoms with Gasteiger partial charge in [-0.2, -0.15) is 0 Å². The van der Waals surface area contributed by atoms with Gasteiger partial charge in [-0.15, -0.1) is 0 Å². The number of aldehydes is 2. The zero-order valence-electron chi connectivity index (χ0n) is 19.0. The number of amides is 2. The SMILES string of the molecule is O=Cc1ccccc1C(=O)N1CCCCCCCCCC2(S1)SN2C(=O)c1ccccc1C=O. The number of carbonyl (C=O) groups is 4. The molecule has 0 aromatic heterocycles. The van der Waals surface area contributed by atoms with E-state index in [0.29, 0.717) is 41.4 Å². The van der Waals surface area contributed by atoms with Gasteiger partial charge in [-0.05, 0) is 55.3 Å². The molecule has 2 heterocycles. The highest BCUT2D eigenvalue weighted by Crippen LogP contribution is 2.63. The normalized spacial score (nSPS) is 21.3. The van der Waals surface area contributed by atoms with Crippen LogP contribution in [-0.2, 0) is 0 Å². The molecule has 0 aliphatic carbocycles. The van der Waals surface area contributed by atoms with Gasteiger partial charge in [0, 0.05) is 17.7 Å². The smallest absolute Gasteiger partial charge is 0.266 e. The Bertz CT molecular complexity index is 1080. The number of nitrogens with zero attached hydrogens (tertiary/aromatic N) is 2. The molecule has 2 saturated heterocycles.